The van der Waals surface area contributed by atoms with E-state index in [1.807, 2.05) is 13.0 Å². The van der Waals surface area contributed by atoms with Crippen LogP contribution in [0.1, 0.15) is 24.8 Å². The Balaban J connectivity index is 2.58. The lowest BCUT2D eigenvalue weighted by Crippen LogP contribution is -2.29. The van der Waals surface area contributed by atoms with Gasteiger partial charge in [-0.15, -0.1) is 0 Å². The molecule has 0 spiro atoms. The number of esters is 2. The molecule has 128 valence electrons. The second-order valence-corrected chi connectivity index (χ2v) is 5.81. The van der Waals surface area contributed by atoms with Crippen molar-refractivity contribution in [2.45, 2.75) is 19.3 Å². The predicted molar refractivity (Wildman–Crippen MR) is 91.4 cm³/mol. The molecular weight excluding hydrogens is 330 g/mol. The number of nitrogens with zero attached hydrogens (tertiary/aromatic N) is 1. The van der Waals surface area contributed by atoms with Crippen molar-refractivity contribution in [1.82, 2.24) is 4.90 Å². The van der Waals surface area contributed by atoms with Crippen LogP contribution in [0.3, 0.4) is 0 Å². The lowest BCUT2D eigenvalue weighted by atomic mass is 9.83. The van der Waals surface area contributed by atoms with Crippen LogP contribution in [-0.2, 0) is 19.1 Å². The van der Waals surface area contributed by atoms with Gasteiger partial charge in [-0.1, -0.05) is 30.7 Å². The topological polar surface area (TPSA) is 55.8 Å². The van der Waals surface area contributed by atoms with E-state index in [-0.39, 0.29) is 0 Å². The Hall–Kier alpha value is -2.27. The molecule has 5 nitrogen and oxygen atoms in total. The molecule has 1 aromatic rings. The van der Waals surface area contributed by atoms with Gasteiger partial charge in [-0.3, -0.25) is 0 Å². The first-order valence-corrected chi connectivity index (χ1v) is 8.00. The van der Waals surface area contributed by atoms with Crippen molar-refractivity contribution >= 4 is 23.5 Å². The fourth-order valence-electron chi connectivity index (χ4n) is 2.72. The first kappa shape index (κ1) is 18.1. The van der Waals surface area contributed by atoms with Crippen LogP contribution in [0, 0.1) is 0 Å². The molecular formula is C18H20ClNO4. The smallest absolute Gasteiger partial charge is 0.336 e. The van der Waals surface area contributed by atoms with Gasteiger partial charge in [0.1, 0.15) is 0 Å². The summed E-state index contributed by atoms with van der Waals surface area (Å²) in [4.78, 5) is 26.4. The summed E-state index contributed by atoms with van der Waals surface area (Å²) in [7, 11) is 2.64. The molecule has 1 aliphatic rings. The molecule has 6 heteroatoms. The third kappa shape index (κ3) is 3.79. The number of methoxy groups -OCH3 is 2. The number of rotatable bonds is 5. The second-order valence-electron chi connectivity index (χ2n) is 5.38. The molecule has 0 aliphatic carbocycles. The molecule has 0 radical (unpaired) electrons. The van der Waals surface area contributed by atoms with E-state index in [4.69, 9.17) is 21.1 Å². The second kappa shape index (κ2) is 8.02. The number of carbonyl (C=O) groups excluding carboxylic acids is 2. The highest BCUT2D eigenvalue weighted by molar-refractivity contribution is 6.30. The zero-order valence-corrected chi connectivity index (χ0v) is 14.7. The van der Waals surface area contributed by atoms with Crippen molar-refractivity contribution in [2.75, 3.05) is 20.8 Å². The van der Waals surface area contributed by atoms with Gasteiger partial charge in [0.05, 0.1) is 31.3 Å². The number of halogens is 1. The van der Waals surface area contributed by atoms with E-state index < -0.39 is 17.9 Å². The molecule has 2 rings (SSSR count). The van der Waals surface area contributed by atoms with Crippen molar-refractivity contribution < 1.29 is 19.1 Å². The summed E-state index contributed by atoms with van der Waals surface area (Å²) in [6, 6.07) is 7.06. The molecule has 1 aliphatic heterocycles. The zero-order chi connectivity index (χ0) is 17.7. The molecule has 0 saturated heterocycles. The lowest BCUT2D eigenvalue weighted by molar-refractivity contribution is -0.137. The van der Waals surface area contributed by atoms with Gasteiger partial charge in [0, 0.05) is 24.0 Å². The molecule has 0 saturated carbocycles. The van der Waals surface area contributed by atoms with E-state index in [2.05, 4.69) is 0 Å². The number of hydrogen-bond acceptors (Lipinski definition) is 5. The van der Waals surface area contributed by atoms with E-state index in [9.17, 15) is 9.59 Å². The Morgan fingerprint density at radius 3 is 2.17 bits per heavy atom. The van der Waals surface area contributed by atoms with Crippen molar-refractivity contribution in [3.05, 3.63) is 58.4 Å². The van der Waals surface area contributed by atoms with Gasteiger partial charge in [-0.25, -0.2) is 9.59 Å². The quantitative estimate of drug-likeness (QED) is 0.764. The van der Waals surface area contributed by atoms with Gasteiger partial charge in [0.2, 0.25) is 0 Å². The Morgan fingerprint density at radius 1 is 1.12 bits per heavy atom. The number of hydrogen-bond donors (Lipinski definition) is 0. The van der Waals surface area contributed by atoms with Gasteiger partial charge in [0.25, 0.3) is 0 Å². The van der Waals surface area contributed by atoms with Crippen LogP contribution in [0.25, 0.3) is 0 Å². The van der Waals surface area contributed by atoms with Crippen LogP contribution < -0.4 is 0 Å². The maximum atomic E-state index is 12.3. The van der Waals surface area contributed by atoms with Gasteiger partial charge in [-0.05, 0) is 24.1 Å². The van der Waals surface area contributed by atoms with Gasteiger partial charge >= 0.3 is 11.9 Å². The highest BCUT2D eigenvalue weighted by Gasteiger charge is 2.35. The van der Waals surface area contributed by atoms with E-state index in [1.54, 1.807) is 35.5 Å². The minimum absolute atomic E-state index is 0.371. The van der Waals surface area contributed by atoms with Gasteiger partial charge in [-0.2, -0.15) is 0 Å². The summed E-state index contributed by atoms with van der Waals surface area (Å²) in [5.41, 5.74) is 1.47. The lowest BCUT2D eigenvalue weighted by Gasteiger charge is -2.30. The molecule has 0 aromatic heterocycles. The maximum Gasteiger partial charge on any atom is 0.336 e. The summed E-state index contributed by atoms with van der Waals surface area (Å²) in [6.45, 7) is 2.68. The van der Waals surface area contributed by atoms with E-state index >= 15 is 0 Å². The van der Waals surface area contributed by atoms with E-state index in [1.165, 1.54) is 14.2 Å². The molecule has 0 amide bonds. The summed E-state index contributed by atoms with van der Waals surface area (Å²) in [5, 5.41) is 0.525. The van der Waals surface area contributed by atoms with Crippen molar-refractivity contribution in [3.8, 4) is 0 Å². The predicted octanol–water partition coefficient (Wildman–Crippen LogP) is 3.26. The Bertz CT molecular complexity index is 662. The van der Waals surface area contributed by atoms with Crippen LogP contribution in [0.2, 0.25) is 5.02 Å². The first-order chi connectivity index (χ1) is 11.5. The average molecular weight is 350 g/mol. The van der Waals surface area contributed by atoms with Crippen LogP contribution >= 0.6 is 11.6 Å². The molecule has 0 bridgehead atoms. The SMILES string of the molecule is CCCN1C=C(C(=O)OC)C(c2cccc(Cl)c2)C(C(=O)OC)=C1. The fourth-order valence-corrected chi connectivity index (χ4v) is 2.92. The molecule has 1 aromatic carbocycles. The summed E-state index contributed by atoms with van der Waals surface area (Å²) < 4.78 is 9.83. The zero-order valence-electron chi connectivity index (χ0n) is 13.9. The Kier molecular flexibility index (Phi) is 6.04. The Labute approximate surface area is 146 Å². The number of benzene rings is 1. The van der Waals surface area contributed by atoms with Crippen molar-refractivity contribution in [3.63, 3.8) is 0 Å². The van der Waals surface area contributed by atoms with Gasteiger partial charge < -0.3 is 14.4 Å². The van der Waals surface area contributed by atoms with Crippen molar-refractivity contribution in [2.24, 2.45) is 0 Å². The van der Waals surface area contributed by atoms with Crippen molar-refractivity contribution in [1.29, 1.82) is 0 Å². The van der Waals surface area contributed by atoms with Gasteiger partial charge in [0.15, 0.2) is 0 Å². The minimum atomic E-state index is -0.586. The normalized spacial score (nSPS) is 14.8. The van der Waals surface area contributed by atoms with Crippen LogP contribution in [0.5, 0.6) is 0 Å². The molecule has 0 unspecified atom stereocenters. The standard InChI is InChI=1S/C18H20ClNO4/c1-4-8-20-10-14(17(21)23-2)16(15(11-20)18(22)24-3)12-6-5-7-13(19)9-12/h5-7,9-11,16H,4,8H2,1-3H3. The monoisotopic (exact) mass is 349 g/mol. The van der Waals surface area contributed by atoms with Crippen LogP contribution in [-0.4, -0.2) is 37.6 Å². The third-order valence-electron chi connectivity index (χ3n) is 3.74. The first-order valence-electron chi connectivity index (χ1n) is 7.63. The molecule has 0 N–H and O–H groups in total. The molecule has 0 atom stereocenters. The molecule has 0 fully saturated rings. The Morgan fingerprint density at radius 2 is 1.71 bits per heavy atom. The largest absolute Gasteiger partial charge is 0.466 e. The maximum absolute atomic E-state index is 12.3. The summed E-state index contributed by atoms with van der Waals surface area (Å²) in [5.74, 6) is -1.57. The van der Waals surface area contributed by atoms with E-state index in [0.717, 1.165) is 12.0 Å². The molecule has 1 heterocycles. The summed E-state index contributed by atoms with van der Waals surface area (Å²) >= 11 is 6.08. The van der Waals surface area contributed by atoms with Crippen LogP contribution in [0.4, 0.5) is 0 Å². The van der Waals surface area contributed by atoms with E-state index in [0.29, 0.717) is 22.7 Å². The van der Waals surface area contributed by atoms with Crippen LogP contribution in [0.15, 0.2) is 47.8 Å². The highest BCUT2D eigenvalue weighted by atomic mass is 35.5. The summed E-state index contributed by atoms with van der Waals surface area (Å²) in [6.07, 6.45) is 4.29. The highest BCUT2D eigenvalue weighted by Crippen LogP contribution is 2.37. The third-order valence-corrected chi connectivity index (χ3v) is 3.97. The number of carbonyl (C=O) groups is 2. The fraction of sp³-hybridized carbons (Fsp3) is 0.333. The molecule has 24 heavy (non-hydrogen) atoms. The minimum Gasteiger partial charge on any atom is -0.466 e. The average Bonchev–Trinajstić information content (AvgIpc) is 2.59. The number of ether oxygens (including phenoxy) is 2.